The SMILES string of the molecule is CCC(NC(=O)c1ccc(NCc2nccs2)c([N+](=O)[O-])c1)c1ccccc1. The van der Waals surface area contributed by atoms with E-state index in [2.05, 4.69) is 15.6 Å². The molecule has 3 rings (SSSR count). The van der Waals surface area contributed by atoms with Crippen molar-refractivity contribution >= 4 is 28.6 Å². The number of thiazole rings is 1. The van der Waals surface area contributed by atoms with E-state index in [1.54, 1.807) is 18.3 Å². The van der Waals surface area contributed by atoms with Crippen molar-refractivity contribution < 1.29 is 9.72 Å². The molecule has 0 saturated carbocycles. The first kappa shape index (κ1) is 19.5. The van der Waals surface area contributed by atoms with E-state index in [1.165, 1.54) is 17.4 Å². The molecule has 0 bridgehead atoms. The second kappa shape index (κ2) is 9.09. The van der Waals surface area contributed by atoms with Crippen LogP contribution in [-0.2, 0) is 6.54 Å². The smallest absolute Gasteiger partial charge is 0.293 e. The molecule has 7 nitrogen and oxygen atoms in total. The van der Waals surface area contributed by atoms with Gasteiger partial charge in [-0.15, -0.1) is 11.3 Å². The van der Waals surface area contributed by atoms with E-state index in [9.17, 15) is 14.9 Å². The van der Waals surface area contributed by atoms with Crippen LogP contribution in [0.25, 0.3) is 0 Å². The molecule has 1 unspecified atom stereocenters. The number of hydrogen-bond donors (Lipinski definition) is 2. The van der Waals surface area contributed by atoms with Crippen molar-refractivity contribution in [3.8, 4) is 0 Å². The maximum absolute atomic E-state index is 12.7. The normalized spacial score (nSPS) is 11.6. The van der Waals surface area contributed by atoms with E-state index in [0.29, 0.717) is 18.7 Å². The van der Waals surface area contributed by atoms with Gasteiger partial charge >= 0.3 is 0 Å². The molecule has 8 heteroatoms. The largest absolute Gasteiger partial charge is 0.373 e. The number of anilines is 1. The summed E-state index contributed by atoms with van der Waals surface area (Å²) in [6, 6.07) is 13.9. The average Bonchev–Trinajstić information content (AvgIpc) is 3.24. The minimum absolute atomic E-state index is 0.142. The van der Waals surface area contributed by atoms with E-state index < -0.39 is 4.92 Å². The molecule has 144 valence electrons. The number of nitro groups is 1. The van der Waals surface area contributed by atoms with Crippen LogP contribution in [0.3, 0.4) is 0 Å². The molecule has 3 aromatic rings. The summed E-state index contributed by atoms with van der Waals surface area (Å²) in [4.78, 5) is 27.8. The minimum atomic E-state index is -0.491. The highest BCUT2D eigenvalue weighted by molar-refractivity contribution is 7.09. The molecule has 0 aliphatic rings. The summed E-state index contributed by atoms with van der Waals surface area (Å²) in [5.74, 6) is -0.342. The van der Waals surface area contributed by atoms with Crippen LogP contribution < -0.4 is 10.6 Å². The lowest BCUT2D eigenvalue weighted by atomic mass is 10.0. The fraction of sp³-hybridized carbons (Fsp3) is 0.200. The van der Waals surface area contributed by atoms with Crippen LogP contribution in [0.15, 0.2) is 60.1 Å². The summed E-state index contributed by atoms with van der Waals surface area (Å²) in [6.07, 6.45) is 2.39. The first-order valence-electron chi connectivity index (χ1n) is 8.85. The molecular formula is C20H20N4O3S. The number of carbonyl (C=O) groups is 1. The maximum atomic E-state index is 12.7. The summed E-state index contributed by atoms with van der Waals surface area (Å²) in [6.45, 7) is 2.36. The molecule has 0 aliphatic carbocycles. The summed E-state index contributed by atoms with van der Waals surface area (Å²) in [7, 11) is 0. The number of benzene rings is 2. The lowest BCUT2D eigenvalue weighted by Crippen LogP contribution is -2.28. The Morgan fingerprint density at radius 3 is 2.68 bits per heavy atom. The summed E-state index contributed by atoms with van der Waals surface area (Å²) >= 11 is 1.46. The number of nitro benzene ring substituents is 1. The van der Waals surface area contributed by atoms with Gasteiger partial charge in [0, 0.05) is 23.2 Å². The van der Waals surface area contributed by atoms with Gasteiger partial charge in [-0.2, -0.15) is 0 Å². The predicted octanol–water partition coefficient (Wildman–Crippen LogP) is 4.54. The molecular weight excluding hydrogens is 376 g/mol. The van der Waals surface area contributed by atoms with Gasteiger partial charge in [0.15, 0.2) is 0 Å². The third kappa shape index (κ3) is 4.72. The van der Waals surface area contributed by atoms with Crippen molar-refractivity contribution in [2.45, 2.75) is 25.9 Å². The lowest BCUT2D eigenvalue weighted by Gasteiger charge is -2.17. The third-order valence-electron chi connectivity index (χ3n) is 4.29. The van der Waals surface area contributed by atoms with E-state index in [1.807, 2.05) is 42.6 Å². The number of carbonyl (C=O) groups excluding carboxylic acids is 1. The first-order chi connectivity index (χ1) is 13.6. The van der Waals surface area contributed by atoms with Crippen LogP contribution in [0, 0.1) is 10.1 Å². The van der Waals surface area contributed by atoms with Gasteiger partial charge in [0.2, 0.25) is 0 Å². The zero-order chi connectivity index (χ0) is 19.9. The molecule has 2 aromatic carbocycles. The first-order valence-corrected chi connectivity index (χ1v) is 9.73. The molecule has 0 radical (unpaired) electrons. The van der Waals surface area contributed by atoms with Crippen molar-refractivity contribution in [2.24, 2.45) is 0 Å². The predicted molar refractivity (Wildman–Crippen MR) is 109 cm³/mol. The molecule has 0 fully saturated rings. The zero-order valence-corrected chi connectivity index (χ0v) is 16.1. The van der Waals surface area contributed by atoms with Crippen LogP contribution >= 0.6 is 11.3 Å². The third-order valence-corrected chi connectivity index (χ3v) is 5.07. The number of amides is 1. The van der Waals surface area contributed by atoms with E-state index in [0.717, 1.165) is 10.6 Å². The monoisotopic (exact) mass is 396 g/mol. The van der Waals surface area contributed by atoms with Crippen molar-refractivity contribution in [3.63, 3.8) is 0 Å². The number of nitrogens with one attached hydrogen (secondary N) is 2. The minimum Gasteiger partial charge on any atom is -0.373 e. The van der Waals surface area contributed by atoms with Crippen LogP contribution in [-0.4, -0.2) is 15.8 Å². The molecule has 1 amide bonds. The Kier molecular flexibility index (Phi) is 6.33. The zero-order valence-electron chi connectivity index (χ0n) is 15.3. The Morgan fingerprint density at radius 1 is 1.25 bits per heavy atom. The van der Waals surface area contributed by atoms with E-state index >= 15 is 0 Å². The van der Waals surface area contributed by atoms with Gasteiger partial charge in [-0.3, -0.25) is 14.9 Å². The van der Waals surface area contributed by atoms with Crippen LogP contribution in [0.4, 0.5) is 11.4 Å². The highest BCUT2D eigenvalue weighted by atomic mass is 32.1. The Balaban J connectivity index is 1.76. The van der Waals surface area contributed by atoms with Gasteiger partial charge in [0.25, 0.3) is 11.6 Å². The Bertz CT molecular complexity index is 945. The number of rotatable bonds is 8. The van der Waals surface area contributed by atoms with Crippen molar-refractivity contribution in [1.29, 1.82) is 0 Å². The quantitative estimate of drug-likeness (QED) is 0.430. The van der Waals surface area contributed by atoms with Crippen LogP contribution in [0.2, 0.25) is 0 Å². The van der Waals surface area contributed by atoms with Crippen LogP contribution in [0.5, 0.6) is 0 Å². The van der Waals surface area contributed by atoms with Gasteiger partial charge in [0.1, 0.15) is 10.7 Å². The molecule has 0 spiro atoms. The van der Waals surface area contributed by atoms with E-state index in [4.69, 9.17) is 0 Å². The molecule has 1 heterocycles. The molecule has 1 aromatic heterocycles. The lowest BCUT2D eigenvalue weighted by molar-refractivity contribution is -0.384. The highest BCUT2D eigenvalue weighted by Crippen LogP contribution is 2.27. The Morgan fingerprint density at radius 2 is 2.04 bits per heavy atom. The number of nitrogens with zero attached hydrogens (tertiary/aromatic N) is 2. The maximum Gasteiger partial charge on any atom is 0.293 e. The van der Waals surface area contributed by atoms with E-state index in [-0.39, 0.29) is 23.2 Å². The molecule has 0 saturated heterocycles. The standard InChI is InChI=1S/C20H20N4O3S/c1-2-16(14-6-4-3-5-7-14)23-20(25)15-8-9-17(18(12-15)24(26)27)22-13-19-21-10-11-28-19/h3-12,16,22H,2,13H2,1H3,(H,23,25). The average molecular weight is 396 g/mol. The van der Waals surface area contributed by atoms with Crippen molar-refractivity contribution in [1.82, 2.24) is 10.3 Å². The fourth-order valence-electron chi connectivity index (χ4n) is 2.83. The molecule has 28 heavy (non-hydrogen) atoms. The van der Waals surface area contributed by atoms with Crippen LogP contribution in [0.1, 0.15) is 40.3 Å². The number of hydrogen-bond acceptors (Lipinski definition) is 6. The summed E-state index contributed by atoms with van der Waals surface area (Å²) in [5.41, 5.74) is 1.46. The van der Waals surface area contributed by atoms with Gasteiger partial charge in [-0.1, -0.05) is 37.3 Å². The van der Waals surface area contributed by atoms with Gasteiger partial charge in [0.05, 0.1) is 17.5 Å². The van der Waals surface area contributed by atoms with Crippen molar-refractivity contribution in [3.05, 3.63) is 86.4 Å². The van der Waals surface area contributed by atoms with Gasteiger partial charge in [-0.05, 0) is 24.1 Å². The second-order valence-corrected chi connectivity index (χ2v) is 7.09. The fourth-order valence-corrected chi connectivity index (χ4v) is 3.39. The molecule has 1 atom stereocenters. The number of aromatic nitrogens is 1. The summed E-state index contributed by atoms with van der Waals surface area (Å²) < 4.78 is 0. The summed E-state index contributed by atoms with van der Waals surface area (Å²) in [5, 5.41) is 20.1. The van der Waals surface area contributed by atoms with Gasteiger partial charge < -0.3 is 10.6 Å². The Labute approximate surface area is 166 Å². The Hall–Kier alpha value is -3.26. The molecule has 2 N–H and O–H groups in total. The topological polar surface area (TPSA) is 97.2 Å². The van der Waals surface area contributed by atoms with Gasteiger partial charge in [-0.25, -0.2) is 4.98 Å². The second-order valence-electron chi connectivity index (χ2n) is 6.11. The van der Waals surface area contributed by atoms with Crippen molar-refractivity contribution in [2.75, 3.05) is 5.32 Å². The molecule has 0 aliphatic heterocycles. The highest BCUT2D eigenvalue weighted by Gasteiger charge is 2.20.